The van der Waals surface area contributed by atoms with E-state index < -0.39 is 0 Å². The molecule has 1 aromatic carbocycles. The number of hydrogen-bond donors (Lipinski definition) is 0. The summed E-state index contributed by atoms with van der Waals surface area (Å²) in [7, 11) is 0. The van der Waals surface area contributed by atoms with Gasteiger partial charge in [0, 0.05) is 16.2 Å². The molecule has 1 aromatic rings. The first-order valence-corrected chi connectivity index (χ1v) is 7.78. The zero-order valence-electron chi connectivity index (χ0n) is 9.93. The van der Waals surface area contributed by atoms with Gasteiger partial charge in [-0.1, -0.05) is 43.5 Å². The van der Waals surface area contributed by atoms with Gasteiger partial charge in [0.1, 0.15) is 5.75 Å². The molecule has 0 unspecified atom stereocenters. The van der Waals surface area contributed by atoms with Crippen molar-refractivity contribution >= 4 is 31.9 Å². The summed E-state index contributed by atoms with van der Waals surface area (Å²) < 4.78 is 6.89. The summed E-state index contributed by atoms with van der Waals surface area (Å²) in [5, 5.41) is 1.03. The van der Waals surface area contributed by atoms with Crippen LogP contribution in [0.25, 0.3) is 0 Å². The van der Waals surface area contributed by atoms with Crippen LogP contribution in [0.4, 0.5) is 0 Å². The van der Waals surface area contributed by atoms with E-state index in [9.17, 15) is 0 Å². The topological polar surface area (TPSA) is 9.23 Å². The molecule has 0 radical (unpaired) electrons. The summed E-state index contributed by atoms with van der Waals surface area (Å²) in [5.74, 6) is 1.11. The molecule has 0 saturated carbocycles. The van der Waals surface area contributed by atoms with Crippen molar-refractivity contribution in [3.63, 3.8) is 0 Å². The van der Waals surface area contributed by atoms with E-state index in [1.54, 1.807) is 0 Å². The van der Waals surface area contributed by atoms with Gasteiger partial charge in [-0.25, -0.2) is 0 Å². The van der Waals surface area contributed by atoms with Gasteiger partial charge in [-0.15, -0.1) is 0 Å². The molecule has 1 aliphatic heterocycles. The maximum absolute atomic E-state index is 5.73. The quantitative estimate of drug-likeness (QED) is 0.561. The minimum absolute atomic E-state index is 0.822. The number of allylic oxidation sites excluding steroid dienone is 2. The van der Waals surface area contributed by atoms with Gasteiger partial charge in [-0.2, -0.15) is 0 Å². The molecule has 92 valence electrons. The Morgan fingerprint density at radius 1 is 1.47 bits per heavy atom. The standard InChI is InChI=1S/C14H16Br2O/c1-10(3-2-5-15)7-12-9-13(16)8-11-4-6-17-14(11)12/h3,8-9H,2,4-7H2,1H3/b10-3-. The lowest BCUT2D eigenvalue weighted by Crippen LogP contribution is -1.94. The van der Waals surface area contributed by atoms with Crippen molar-refractivity contribution in [3.8, 4) is 5.75 Å². The highest BCUT2D eigenvalue weighted by Crippen LogP contribution is 2.34. The second kappa shape index (κ2) is 6.05. The number of fused-ring (bicyclic) bond motifs is 1. The van der Waals surface area contributed by atoms with Gasteiger partial charge < -0.3 is 4.74 Å². The van der Waals surface area contributed by atoms with Crippen molar-refractivity contribution in [2.75, 3.05) is 11.9 Å². The first-order chi connectivity index (χ1) is 8.20. The molecule has 0 amide bonds. The Morgan fingerprint density at radius 2 is 2.29 bits per heavy atom. The van der Waals surface area contributed by atoms with Crippen LogP contribution in [0.3, 0.4) is 0 Å². The van der Waals surface area contributed by atoms with Gasteiger partial charge in [-0.3, -0.25) is 0 Å². The minimum Gasteiger partial charge on any atom is -0.493 e. The largest absolute Gasteiger partial charge is 0.493 e. The summed E-state index contributed by atoms with van der Waals surface area (Å²) in [6.07, 6.45) is 5.39. The maximum Gasteiger partial charge on any atom is 0.126 e. The number of rotatable bonds is 4. The van der Waals surface area contributed by atoms with Crippen LogP contribution in [0.1, 0.15) is 24.5 Å². The normalized spacial score (nSPS) is 14.6. The van der Waals surface area contributed by atoms with Crippen LogP contribution in [-0.4, -0.2) is 11.9 Å². The fourth-order valence-electron chi connectivity index (χ4n) is 2.15. The zero-order chi connectivity index (χ0) is 12.3. The van der Waals surface area contributed by atoms with Gasteiger partial charge in [0.25, 0.3) is 0 Å². The Bertz CT molecular complexity index is 438. The molecular weight excluding hydrogens is 344 g/mol. The highest BCUT2D eigenvalue weighted by Gasteiger charge is 2.17. The molecule has 0 aliphatic carbocycles. The average Bonchev–Trinajstić information content (AvgIpc) is 2.74. The number of hydrogen-bond acceptors (Lipinski definition) is 1. The van der Waals surface area contributed by atoms with E-state index in [1.807, 2.05) is 0 Å². The van der Waals surface area contributed by atoms with E-state index in [-0.39, 0.29) is 0 Å². The number of halogens is 2. The summed E-state index contributed by atoms with van der Waals surface area (Å²) in [5.41, 5.74) is 4.04. The van der Waals surface area contributed by atoms with Gasteiger partial charge in [-0.05, 0) is 43.0 Å². The average molecular weight is 360 g/mol. The fourth-order valence-corrected chi connectivity index (χ4v) is 2.93. The molecule has 2 rings (SSSR count). The monoisotopic (exact) mass is 358 g/mol. The van der Waals surface area contributed by atoms with E-state index in [4.69, 9.17) is 4.74 Å². The Labute approximate surface area is 120 Å². The highest BCUT2D eigenvalue weighted by atomic mass is 79.9. The lowest BCUT2D eigenvalue weighted by atomic mass is 10.0. The first-order valence-electron chi connectivity index (χ1n) is 5.86. The molecule has 0 fully saturated rings. The second-order valence-corrected chi connectivity index (χ2v) is 6.07. The molecule has 0 spiro atoms. The predicted octanol–water partition coefficient (Wildman–Crippen LogP) is 4.66. The third kappa shape index (κ3) is 3.35. The van der Waals surface area contributed by atoms with Crippen molar-refractivity contribution < 1.29 is 4.74 Å². The maximum atomic E-state index is 5.73. The van der Waals surface area contributed by atoms with Gasteiger partial charge >= 0.3 is 0 Å². The van der Waals surface area contributed by atoms with E-state index in [0.717, 1.165) is 41.4 Å². The SMILES string of the molecule is C/C(=C/CCBr)Cc1cc(Br)cc2c1OCC2. The molecule has 0 aromatic heterocycles. The number of benzene rings is 1. The molecule has 0 atom stereocenters. The predicted molar refractivity (Wildman–Crippen MR) is 79.2 cm³/mol. The van der Waals surface area contributed by atoms with E-state index in [1.165, 1.54) is 16.7 Å². The van der Waals surface area contributed by atoms with Gasteiger partial charge in [0.05, 0.1) is 6.61 Å². The van der Waals surface area contributed by atoms with E-state index in [0.29, 0.717) is 0 Å². The molecule has 17 heavy (non-hydrogen) atoms. The number of alkyl halides is 1. The van der Waals surface area contributed by atoms with Crippen molar-refractivity contribution in [2.24, 2.45) is 0 Å². The lowest BCUT2D eigenvalue weighted by molar-refractivity contribution is 0.354. The summed E-state index contributed by atoms with van der Waals surface area (Å²) in [6, 6.07) is 4.35. The van der Waals surface area contributed by atoms with Crippen molar-refractivity contribution in [1.29, 1.82) is 0 Å². The summed E-state index contributed by atoms with van der Waals surface area (Å²) in [4.78, 5) is 0. The second-order valence-electron chi connectivity index (χ2n) is 4.36. The highest BCUT2D eigenvalue weighted by molar-refractivity contribution is 9.10. The molecule has 0 saturated heterocycles. The van der Waals surface area contributed by atoms with Crippen LogP contribution in [0, 0.1) is 0 Å². The lowest BCUT2D eigenvalue weighted by Gasteiger charge is -2.09. The number of ether oxygens (including phenoxy) is 1. The van der Waals surface area contributed by atoms with Crippen LogP contribution >= 0.6 is 31.9 Å². The molecule has 3 heteroatoms. The molecule has 1 aliphatic rings. The molecule has 0 bridgehead atoms. The molecule has 1 heterocycles. The fraction of sp³-hybridized carbons (Fsp3) is 0.429. The summed E-state index contributed by atoms with van der Waals surface area (Å²) >= 11 is 7.02. The van der Waals surface area contributed by atoms with Crippen LogP contribution in [0.2, 0.25) is 0 Å². The third-order valence-electron chi connectivity index (χ3n) is 2.90. The molecule has 1 nitrogen and oxygen atoms in total. The van der Waals surface area contributed by atoms with Crippen LogP contribution in [-0.2, 0) is 12.8 Å². The minimum atomic E-state index is 0.822. The van der Waals surface area contributed by atoms with Crippen LogP contribution in [0.5, 0.6) is 5.75 Å². The third-order valence-corrected chi connectivity index (χ3v) is 3.81. The summed E-state index contributed by atoms with van der Waals surface area (Å²) in [6.45, 7) is 3.01. The molecular formula is C14H16Br2O. The van der Waals surface area contributed by atoms with E-state index >= 15 is 0 Å². The van der Waals surface area contributed by atoms with E-state index in [2.05, 4.69) is 57.0 Å². The zero-order valence-corrected chi connectivity index (χ0v) is 13.1. The Hall–Kier alpha value is -0.280. The van der Waals surface area contributed by atoms with Crippen molar-refractivity contribution in [2.45, 2.75) is 26.2 Å². The van der Waals surface area contributed by atoms with Gasteiger partial charge in [0.2, 0.25) is 0 Å². The Morgan fingerprint density at radius 3 is 3.06 bits per heavy atom. The Balaban J connectivity index is 2.21. The molecule has 0 N–H and O–H groups in total. The van der Waals surface area contributed by atoms with Crippen LogP contribution in [0.15, 0.2) is 28.3 Å². The Kier molecular flexibility index (Phi) is 4.69. The van der Waals surface area contributed by atoms with Crippen molar-refractivity contribution in [3.05, 3.63) is 39.4 Å². The first kappa shape index (κ1) is 13.2. The van der Waals surface area contributed by atoms with Crippen LogP contribution < -0.4 is 4.74 Å². The smallest absolute Gasteiger partial charge is 0.126 e. The van der Waals surface area contributed by atoms with Gasteiger partial charge in [0.15, 0.2) is 0 Å². The van der Waals surface area contributed by atoms with Crippen molar-refractivity contribution in [1.82, 2.24) is 0 Å².